The van der Waals surface area contributed by atoms with E-state index in [-0.39, 0.29) is 6.61 Å². The van der Waals surface area contributed by atoms with E-state index in [9.17, 15) is 5.11 Å². The van der Waals surface area contributed by atoms with Gasteiger partial charge in [-0.05, 0) is 18.2 Å². The maximum atomic E-state index is 9.82. The second-order valence-corrected chi connectivity index (χ2v) is 4.61. The molecule has 110 valence electrons. The van der Waals surface area contributed by atoms with E-state index in [1.807, 2.05) is 16.8 Å². The van der Waals surface area contributed by atoms with Crippen molar-refractivity contribution in [2.75, 3.05) is 19.7 Å². The Hall–Kier alpha value is -2.36. The molecule has 0 aliphatic carbocycles. The van der Waals surface area contributed by atoms with Crippen LogP contribution in [0.2, 0.25) is 0 Å². The third-order valence-electron chi connectivity index (χ3n) is 2.89. The van der Waals surface area contributed by atoms with Crippen LogP contribution in [0.15, 0.2) is 43.0 Å². The van der Waals surface area contributed by atoms with Crippen molar-refractivity contribution in [2.45, 2.75) is 12.6 Å². The fourth-order valence-corrected chi connectivity index (χ4v) is 1.80. The Bertz CT molecular complexity index is 578. The predicted octanol–water partition coefficient (Wildman–Crippen LogP) is 0.784. The molecule has 1 heterocycles. The molecule has 21 heavy (non-hydrogen) atoms. The number of imidazole rings is 1. The van der Waals surface area contributed by atoms with E-state index in [0.29, 0.717) is 17.9 Å². The highest BCUT2D eigenvalue weighted by atomic mass is 16.5. The van der Waals surface area contributed by atoms with E-state index in [2.05, 4.69) is 10.3 Å². The normalized spacial score (nSPS) is 11.8. The molecule has 0 fully saturated rings. The Kier molecular flexibility index (Phi) is 5.76. The van der Waals surface area contributed by atoms with Crippen molar-refractivity contribution in [3.63, 3.8) is 0 Å². The fourth-order valence-electron chi connectivity index (χ4n) is 1.80. The van der Waals surface area contributed by atoms with Crippen LogP contribution < -0.4 is 10.1 Å². The van der Waals surface area contributed by atoms with Gasteiger partial charge in [-0.3, -0.25) is 0 Å². The Morgan fingerprint density at radius 1 is 1.48 bits per heavy atom. The number of aliphatic hydroxyl groups excluding tert-OH is 1. The molecule has 0 aliphatic rings. The molecule has 1 aromatic carbocycles. The van der Waals surface area contributed by atoms with Gasteiger partial charge in [-0.15, -0.1) is 0 Å². The first-order chi connectivity index (χ1) is 10.3. The number of aromatic nitrogens is 2. The average Bonchev–Trinajstić information content (AvgIpc) is 3.03. The summed E-state index contributed by atoms with van der Waals surface area (Å²) in [5.74, 6) is 0.589. The average molecular weight is 286 g/mol. The zero-order valence-corrected chi connectivity index (χ0v) is 11.6. The molecule has 0 amide bonds. The number of hydrogen-bond acceptors (Lipinski definition) is 5. The molecule has 1 unspecified atom stereocenters. The number of nitrogens with zero attached hydrogens (tertiary/aromatic N) is 3. The smallest absolute Gasteiger partial charge is 0.120 e. The molecular weight excluding hydrogens is 268 g/mol. The van der Waals surface area contributed by atoms with Gasteiger partial charge in [0.25, 0.3) is 0 Å². The Labute approximate surface area is 123 Å². The van der Waals surface area contributed by atoms with E-state index in [1.165, 1.54) is 0 Å². The summed E-state index contributed by atoms with van der Waals surface area (Å²) >= 11 is 0. The first-order valence-electron chi connectivity index (χ1n) is 6.75. The van der Waals surface area contributed by atoms with Crippen molar-refractivity contribution in [3.05, 3.63) is 48.5 Å². The fraction of sp³-hybridized carbons (Fsp3) is 0.333. The SMILES string of the molecule is N#Cc1cccc(OCC(O)CNCCn2ccnc2)c1. The summed E-state index contributed by atoms with van der Waals surface area (Å²) in [6.45, 7) is 2.19. The van der Waals surface area contributed by atoms with Gasteiger partial charge in [0.05, 0.1) is 18.0 Å². The molecule has 0 spiro atoms. The number of rotatable bonds is 8. The number of nitriles is 1. The van der Waals surface area contributed by atoms with Gasteiger partial charge in [0.2, 0.25) is 0 Å². The van der Waals surface area contributed by atoms with E-state index in [1.54, 1.807) is 36.8 Å². The van der Waals surface area contributed by atoms with Crippen LogP contribution in [0.4, 0.5) is 0 Å². The highest BCUT2D eigenvalue weighted by Crippen LogP contribution is 2.12. The van der Waals surface area contributed by atoms with Gasteiger partial charge in [0.15, 0.2) is 0 Å². The first kappa shape index (κ1) is 15.0. The van der Waals surface area contributed by atoms with Crippen molar-refractivity contribution in [1.82, 2.24) is 14.9 Å². The molecule has 6 nitrogen and oxygen atoms in total. The third kappa shape index (κ3) is 5.26. The molecule has 2 aromatic rings. The lowest BCUT2D eigenvalue weighted by atomic mass is 10.2. The minimum atomic E-state index is -0.599. The molecule has 1 atom stereocenters. The molecular formula is C15H18N4O2. The van der Waals surface area contributed by atoms with Gasteiger partial charge in [0.1, 0.15) is 18.5 Å². The second kappa shape index (κ2) is 8.04. The Morgan fingerprint density at radius 3 is 3.14 bits per heavy atom. The van der Waals surface area contributed by atoms with Crippen LogP contribution in [0.1, 0.15) is 5.56 Å². The molecule has 0 aliphatic heterocycles. The van der Waals surface area contributed by atoms with Crippen LogP contribution in [0, 0.1) is 11.3 Å². The lowest BCUT2D eigenvalue weighted by Crippen LogP contribution is -2.33. The van der Waals surface area contributed by atoms with Gasteiger partial charge >= 0.3 is 0 Å². The Morgan fingerprint density at radius 2 is 2.38 bits per heavy atom. The largest absolute Gasteiger partial charge is 0.491 e. The maximum Gasteiger partial charge on any atom is 0.120 e. The topological polar surface area (TPSA) is 83.1 Å². The molecule has 0 saturated carbocycles. The van der Waals surface area contributed by atoms with Gasteiger partial charge in [-0.25, -0.2) is 4.98 Å². The molecule has 2 N–H and O–H groups in total. The molecule has 0 radical (unpaired) electrons. The van der Waals surface area contributed by atoms with Crippen molar-refractivity contribution in [2.24, 2.45) is 0 Å². The summed E-state index contributed by atoms with van der Waals surface area (Å²) < 4.78 is 7.42. The van der Waals surface area contributed by atoms with E-state index < -0.39 is 6.10 Å². The van der Waals surface area contributed by atoms with Crippen molar-refractivity contribution < 1.29 is 9.84 Å². The summed E-state index contributed by atoms with van der Waals surface area (Å²) in [7, 11) is 0. The van der Waals surface area contributed by atoms with E-state index in [4.69, 9.17) is 10.00 Å². The van der Waals surface area contributed by atoms with Crippen LogP contribution in [0.25, 0.3) is 0 Å². The molecule has 0 bridgehead atoms. The number of benzene rings is 1. The van der Waals surface area contributed by atoms with Crippen LogP contribution in [0.5, 0.6) is 5.75 Å². The highest BCUT2D eigenvalue weighted by molar-refractivity contribution is 5.36. The quantitative estimate of drug-likeness (QED) is 0.701. The van der Waals surface area contributed by atoms with Gasteiger partial charge in [-0.1, -0.05) is 6.07 Å². The van der Waals surface area contributed by atoms with Crippen molar-refractivity contribution >= 4 is 0 Å². The van der Waals surface area contributed by atoms with Crippen LogP contribution in [0.3, 0.4) is 0 Å². The summed E-state index contributed by atoms with van der Waals surface area (Å²) in [4.78, 5) is 3.96. The molecule has 6 heteroatoms. The summed E-state index contributed by atoms with van der Waals surface area (Å²) in [5, 5.41) is 21.8. The number of hydrogen-bond donors (Lipinski definition) is 2. The minimum Gasteiger partial charge on any atom is -0.491 e. The zero-order chi connectivity index (χ0) is 14.9. The second-order valence-electron chi connectivity index (χ2n) is 4.61. The number of aliphatic hydroxyl groups is 1. The third-order valence-corrected chi connectivity index (χ3v) is 2.89. The monoisotopic (exact) mass is 286 g/mol. The Balaban J connectivity index is 1.63. The molecule has 1 aromatic heterocycles. The van der Waals surface area contributed by atoms with Crippen LogP contribution in [-0.2, 0) is 6.54 Å². The summed E-state index contributed by atoms with van der Waals surface area (Å²) in [6.07, 6.45) is 4.78. The zero-order valence-electron chi connectivity index (χ0n) is 11.6. The van der Waals surface area contributed by atoms with Crippen LogP contribution in [-0.4, -0.2) is 40.5 Å². The first-order valence-corrected chi connectivity index (χ1v) is 6.75. The lowest BCUT2D eigenvalue weighted by Gasteiger charge is -2.13. The van der Waals surface area contributed by atoms with Crippen molar-refractivity contribution in [3.8, 4) is 11.8 Å². The lowest BCUT2D eigenvalue weighted by molar-refractivity contribution is 0.106. The van der Waals surface area contributed by atoms with E-state index in [0.717, 1.165) is 13.1 Å². The maximum absolute atomic E-state index is 9.82. The minimum absolute atomic E-state index is 0.187. The number of nitrogens with one attached hydrogen (secondary N) is 1. The standard InChI is InChI=1S/C15H18N4O2/c16-9-13-2-1-3-15(8-13)21-11-14(20)10-17-4-6-19-7-5-18-12-19/h1-3,5,7-8,12,14,17,20H,4,6,10-11H2. The highest BCUT2D eigenvalue weighted by Gasteiger charge is 2.05. The predicted molar refractivity (Wildman–Crippen MR) is 77.8 cm³/mol. The summed E-state index contributed by atoms with van der Waals surface area (Å²) in [5.41, 5.74) is 0.542. The molecule has 2 rings (SSSR count). The van der Waals surface area contributed by atoms with Gasteiger partial charge in [-0.2, -0.15) is 5.26 Å². The van der Waals surface area contributed by atoms with Crippen LogP contribution >= 0.6 is 0 Å². The molecule has 0 saturated heterocycles. The van der Waals surface area contributed by atoms with Gasteiger partial charge in [0, 0.05) is 32.0 Å². The summed E-state index contributed by atoms with van der Waals surface area (Å²) in [6, 6.07) is 8.93. The van der Waals surface area contributed by atoms with E-state index >= 15 is 0 Å². The number of ether oxygens (including phenoxy) is 1. The van der Waals surface area contributed by atoms with Gasteiger partial charge < -0.3 is 19.7 Å². The van der Waals surface area contributed by atoms with Crippen molar-refractivity contribution in [1.29, 1.82) is 5.26 Å².